The predicted molar refractivity (Wildman–Crippen MR) is 47.2 cm³/mol. The molecule has 0 N–H and O–H groups in total. The molecule has 0 aromatic heterocycles. The summed E-state index contributed by atoms with van der Waals surface area (Å²) in [6.45, 7) is 0. The Kier molecular flexibility index (Phi) is 1.94. The Labute approximate surface area is 77.1 Å². The lowest BCUT2D eigenvalue weighted by Crippen LogP contribution is -2.00. The van der Waals surface area contributed by atoms with E-state index in [1.54, 1.807) is 6.07 Å². The summed E-state index contributed by atoms with van der Waals surface area (Å²) in [6.07, 6.45) is 0.113. The molecule has 1 aromatic carbocycles. The minimum atomic E-state index is -9.66. The van der Waals surface area contributed by atoms with Gasteiger partial charge in [-0.05, 0) is 5.56 Å². The highest BCUT2D eigenvalue weighted by Gasteiger charge is 2.63. The monoisotopic (exact) mass is 231 g/mol. The molecule has 0 aliphatic carbocycles. The fourth-order valence-corrected chi connectivity index (χ4v) is 1.02. The Morgan fingerprint density at radius 1 is 0.929 bits per heavy atom. The maximum atomic E-state index is 11.7. The van der Waals surface area contributed by atoms with Crippen LogP contribution in [0.4, 0.5) is 19.4 Å². The first-order valence-corrected chi connectivity index (χ1v) is 5.32. The summed E-state index contributed by atoms with van der Waals surface area (Å²) in [5.41, 5.74) is -0.0271. The van der Waals surface area contributed by atoms with Gasteiger partial charge < -0.3 is 0 Å². The van der Waals surface area contributed by atoms with Crippen LogP contribution < -0.4 is 0 Å². The van der Waals surface area contributed by atoms with Gasteiger partial charge in [0.2, 0.25) is 0 Å². The van der Waals surface area contributed by atoms with E-state index in [-0.39, 0.29) is 11.8 Å². The van der Waals surface area contributed by atoms with Crippen molar-refractivity contribution in [1.82, 2.24) is 0 Å². The third kappa shape index (κ3) is 4.80. The van der Waals surface area contributed by atoms with Gasteiger partial charge in [-0.25, -0.2) is 0 Å². The zero-order valence-corrected chi connectivity index (χ0v) is 7.53. The highest BCUT2D eigenvalue weighted by atomic mass is 32.5. The highest BCUT2D eigenvalue weighted by molar-refractivity contribution is 8.44. The first kappa shape index (κ1) is 11.0. The van der Waals surface area contributed by atoms with Gasteiger partial charge >= 0.3 is 10.4 Å². The lowest BCUT2D eigenvalue weighted by molar-refractivity contribution is 0.367. The smallest absolute Gasteiger partial charge is 0.136 e. The highest BCUT2D eigenvalue weighted by Crippen LogP contribution is 2.98. The van der Waals surface area contributed by atoms with Crippen LogP contribution in [0.15, 0.2) is 34.7 Å². The van der Waals surface area contributed by atoms with Crippen LogP contribution in [0.1, 0.15) is 5.56 Å². The molecular weight excluding hydrogens is 225 g/mol. The van der Waals surface area contributed by atoms with Crippen LogP contribution in [0.3, 0.4) is 0 Å². The first-order chi connectivity index (χ1) is 6.05. The van der Waals surface area contributed by atoms with Crippen LogP contribution in [-0.4, -0.2) is 6.21 Å². The van der Waals surface area contributed by atoms with E-state index in [0.29, 0.717) is 0 Å². The summed E-state index contributed by atoms with van der Waals surface area (Å²) in [6, 6.07) is 6.89. The minimum Gasteiger partial charge on any atom is -0.136 e. The SMILES string of the molecule is FS(F)(F)(F)(F)/N=C/c1ccccc1. The van der Waals surface area contributed by atoms with Crippen molar-refractivity contribution in [2.75, 3.05) is 0 Å². The zero-order valence-electron chi connectivity index (χ0n) is 6.71. The number of hydrogen-bond acceptors (Lipinski definition) is 1. The molecule has 1 aromatic rings. The second-order valence-electron chi connectivity index (χ2n) is 2.57. The van der Waals surface area contributed by atoms with Crippen molar-refractivity contribution in [1.29, 1.82) is 0 Å². The lowest BCUT2D eigenvalue weighted by atomic mass is 10.2. The fourth-order valence-electron chi connectivity index (χ4n) is 0.700. The van der Waals surface area contributed by atoms with Gasteiger partial charge in [-0.3, -0.25) is 0 Å². The third-order valence-electron chi connectivity index (χ3n) is 1.20. The molecule has 0 aliphatic rings. The standard InChI is InChI=1S/C7H6F5NS/c8-14(9,10,11,12)13-6-7-4-2-1-3-5-7/h1-6H/b13-6+. The van der Waals surface area contributed by atoms with Gasteiger partial charge in [0, 0.05) is 0 Å². The van der Waals surface area contributed by atoms with Crippen molar-refractivity contribution in [3.63, 3.8) is 0 Å². The van der Waals surface area contributed by atoms with E-state index in [4.69, 9.17) is 0 Å². The van der Waals surface area contributed by atoms with E-state index >= 15 is 0 Å². The first-order valence-electron chi connectivity index (χ1n) is 3.41. The molecule has 7 heteroatoms. The summed E-state index contributed by atoms with van der Waals surface area (Å²) >= 11 is 0. The molecule has 1 nitrogen and oxygen atoms in total. The molecule has 1 rings (SSSR count). The largest absolute Gasteiger partial charge is 0.381 e. The Hall–Kier alpha value is -1.11. The summed E-state index contributed by atoms with van der Waals surface area (Å²) in [4.78, 5) is 0. The summed E-state index contributed by atoms with van der Waals surface area (Å²) in [5, 5.41) is 0. The van der Waals surface area contributed by atoms with Crippen molar-refractivity contribution in [2.45, 2.75) is 0 Å². The Bertz CT molecular complexity index is 353. The molecule has 0 aliphatic heterocycles. The molecule has 0 spiro atoms. The molecule has 0 heterocycles. The number of hydrogen-bond donors (Lipinski definition) is 0. The van der Waals surface area contributed by atoms with E-state index in [2.05, 4.69) is 0 Å². The van der Waals surface area contributed by atoms with Gasteiger partial charge in [-0.1, -0.05) is 49.8 Å². The van der Waals surface area contributed by atoms with Crippen molar-refractivity contribution >= 4 is 16.6 Å². The summed E-state index contributed by atoms with van der Waals surface area (Å²) in [5.74, 6) is 0. The van der Waals surface area contributed by atoms with Gasteiger partial charge in [0.15, 0.2) is 0 Å². The van der Waals surface area contributed by atoms with Gasteiger partial charge in [0.25, 0.3) is 0 Å². The number of halogens is 5. The van der Waals surface area contributed by atoms with Crippen LogP contribution in [0.25, 0.3) is 0 Å². The van der Waals surface area contributed by atoms with Gasteiger partial charge in [0.05, 0.1) is 6.21 Å². The van der Waals surface area contributed by atoms with Crippen molar-refractivity contribution in [2.24, 2.45) is 4.40 Å². The normalized spacial score (nSPS) is 17.8. The quantitative estimate of drug-likeness (QED) is 0.531. The van der Waals surface area contributed by atoms with Crippen LogP contribution in [0.5, 0.6) is 0 Å². The van der Waals surface area contributed by atoms with Crippen molar-refractivity contribution in [3.05, 3.63) is 35.9 Å². The Morgan fingerprint density at radius 3 is 1.86 bits per heavy atom. The minimum absolute atomic E-state index is 0.0271. The van der Waals surface area contributed by atoms with Crippen LogP contribution >= 0.6 is 10.4 Å². The maximum Gasteiger partial charge on any atom is 0.381 e. The van der Waals surface area contributed by atoms with Crippen molar-refractivity contribution < 1.29 is 19.4 Å². The fraction of sp³-hybridized carbons (Fsp3) is 0. The number of rotatable bonds is 2. The molecule has 0 radical (unpaired) electrons. The van der Waals surface area contributed by atoms with E-state index in [9.17, 15) is 19.4 Å². The topological polar surface area (TPSA) is 12.4 Å². The van der Waals surface area contributed by atoms with Gasteiger partial charge in [-0.15, -0.1) is 4.40 Å². The molecule has 0 unspecified atom stereocenters. The van der Waals surface area contributed by atoms with E-state index in [1.807, 2.05) is 0 Å². The second-order valence-corrected chi connectivity index (χ2v) is 4.64. The zero-order chi connectivity index (χ0) is 10.9. The molecule has 0 saturated heterocycles. The lowest BCUT2D eigenvalue weighted by Gasteiger charge is -2.34. The third-order valence-corrected chi connectivity index (χ3v) is 1.70. The molecule has 14 heavy (non-hydrogen) atoms. The van der Waals surface area contributed by atoms with Crippen LogP contribution in [0.2, 0.25) is 0 Å². The summed E-state index contributed by atoms with van der Waals surface area (Å²) in [7, 11) is -9.66. The average Bonchev–Trinajstić information content (AvgIpc) is 2.00. The molecule has 0 fully saturated rings. The van der Waals surface area contributed by atoms with E-state index < -0.39 is 10.4 Å². The second kappa shape index (κ2) is 2.47. The molecule has 0 atom stereocenters. The maximum absolute atomic E-state index is 11.7. The molecule has 0 amide bonds. The number of nitrogens with zero attached hydrogens (tertiary/aromatic N) is 1. The Balaban J connectivity index is 2.97. The van der Waals surface area contributed by atoms with Crippen LogP contribution in [-0.2, 0) is 0 Å². The number of benzene rings is 1. The molecule has 0 bridgehead atoms. The van der Waals surface area contributed by atoms with Crippen molar-refractivity contribution in [3.8, 4) is 0 Å². The van der Waals surface area contributed by atoms with Gasteiger partial charge in [-0.2, -0.15) is 0 Å². The molecular formula is C7H6F5NS. The average molecular weight is 231 g/mol. The van der Waals surface area contributed by atoms with Gasteiger partial charge in [0.1, 0.15) is 0 Å². The van der Waals surface area contributed by atoms with E-state index in [0.717, 1.165) is 0 Å². The molecule has 80 valence electrons. The summed E-state index contributed by atoms with van der Waals surface area (Å²) < 4.78 is 60.0. The van der Waals surface area contributed by atoms with Crippen LogP contribution in [0, 0.1) is 0 Å². The Morgan fingerprint density at radius 2 is 1.43 bits per heavy atom. The van der Waals surface area contributed by atoms with E-state index in [1.165, 1.54) is 28.7 Å². The predicted octanol–water partition coefficient (Wildman–Crippen LogP) is 4.32. The molecule has 0 saturated carbocycles.